The average Bonchev–Trinajstić information content (AvgIpc) is 3.49. The van der Waals surface area contributed by atoms with Crippen LogP contribution in [0.25, 0.3) is 33.4 Å². The predicted octanol–water partition coefficient (Wildman–Crippen LogP) is 13.0. The number of anilines is 3. The number of ether oxygens (including phenoxy) is 1. The molecule has 0 saturated carbocycles. The average molecular weight is 652 g/mol. The molecule has 0 aromatic heterocycles. The third-order valence-electron chi connectivity index (χ3n) is 10.5. The highest BCUT2D eigenvalue weighted by Crippen LogP contribution is 2.63. The molecule has 1 aliphatic carbocycles. The third-order valence-corrected chi connectivity index (χ3v) is 10.5. The van der Waals surface area contributed by atoms with Crippen molar-refractivity contribution >= 4 is 17.1 Å². The quantitative estimate of drug-likeness (QED) is 0.184. The molecule has 0 fully saturated rings. The van der Waals surface area contributed by atoms with Gasteiger partial charge in [-0.15, -0.1) is 0 Å². The summed E-state index contributed by atoms with van der Waals surface area (Å²) < 4.78 is 6.70. The first-order valence-electron chi connectivity index (χ1n) is 17.5. The van der Waals surface area contributed by atoms with Crippen molar-refractivity contribution in [3.05, 3.63) is 222 Å². The van der Waals surface area contributed by atoms with Gasteiger partial charge in [0.15, 0.2) is 0 Å². The van der Waals surface area contributed by atoms with Gasteiger partial charge in [-0.2, -0.15) is 0 Å². The maximum atomic E-state index is 6.70. The summed E-state index contributed by atoms with van der Waals surface area (Å²) in [6.45, 7) is 0. The van der Waals surface area contributed by atoms with Crippen molar-refractivity contribution in [3.63, 3.8) is 0 Å². The van der Waals surface area contributed by atoms with Gasteiger partial charge in [-0.25, -0.2) is 0 Å². The lowest BCUT2D eigenvalue weighted by Crippen LogP contribution is -2.32. The van der Waals surface area contributed by atoms with Crippen LogP contribution in [0.5, 0.6) is 11.5 Å². The first-order valence-corrected chi connectivity index (χ1v) is 17.5. The summed E-state index contributed by atoms with van der Waals surface area (Å²) in [6, 6.07) is 72.0. The second-order valence-electron chi connectivity index (χ2n) is 13.3. The zero-order chi connectivity index (χ0) is 33.8. The molecule has 0 saturated heterocycles. The summed E-state index contributed by atoms with van der Waals surface area (Å²) in [7, 11) is 0. The molecule has 8 aromatic rings. The van der Waals surface area contributed by atoms with Gasteiger partial charge in [0.2, 0.25) is 0 Å². The molecule has 2 nitrogen and oxygen atoms in total. The Morgan fingerprint density at radius 2 is 0.824 bits per heavy atom. The molecule has 51 heavy (non-hydrogen) atoms. The second-order valence-corrected chi connectivity index (χ2v) is 13.3. The van der Waals surface area contributed by atoms with E-state index in [2.05, 4.69) is 205 Å². The van der Waals surface area contributed by atoms with Gasteiger partial charge in [-0.1, -0.05) is 146 Å². The number of nitrogens with zero attached hydrogens (tertiary/aromatic N) is 1. The van der Waals surface area contributed by atoms with Gasteiger partial charge in [-0.05, 0) is 99.1 Å². The Balaban J connectivity index is 1.19. The van der Waals surface area contributed by atoms with E-state index in [4.69, 9.17) is 4.74 Å². The minimum atomic E-state index is -0.547. The SMILES string of the molecule is c1ccc(-c2ccc(N(c3ccccc3)c3ccc4c(c3)-c3ccccc3C43c4ccccc4Oc4ccc(-c5ccccc5)cc43)cc2)cc1. The van der Waals surface area contributed by atoms with Crippen LogP contribution in [0.1, 0.15) is 22.3 Å². The van der Waals surface area contributed by atoms with E-state index in [9.17, 15) is 0 Å². The van der Waals surface area contributed by atoms with Crippen molar-refractivity contribution in [2.45, 2.75) is 5.41 Å². The van der Waals surface area contributed by atoms with E-state index >= 15 is 0 Å². The van der Waals surface area contributed by atoms with E-state index in [0.717, 1.165) is 39.7 Å². The number of hydrogen-bond acceptors (Lipinski definition) is 2. The highest BCUT2D eigenvalue weighted by atomic mass is 16.5. The Labute approximate surface area is 298 Å². The van der Waals surface area contributed by atoms with Crippen molar-refractivity contribution in [3.8, 4) is 44.9 Å². The Kier molecular flexibility index (Phi) is 6.75. The molecule has 0 bridgehead atoms. The van der Waals surface area contributed by atoms with Gasteiger partial charge in [0, 0.05) is 28.2 Å². The molecule has 0 N–H and O–H groups in total. The predicted molar refractivity (Wildman–Crippen MR) is 209 cm³/mol. The third kappa shape index (κ3) is 4.57. The fourth-order valence-corrected chi connectivity index (χ4v) is 8.30. The maximum Gasteiger partial charge on any atom is 0.132 e. The van der Waals surface area contributed by atoms with Crippen LogP contribution in [0.4, 0.5) is 17.1 Å². The standard InChI is InChI=1S/C49H33NO/c1-4-14-34(15-5-1)36-24-27-39(28-25-36)50(38-18-8-3-9-19-38)40-29-30-44-42(33-40)41-20-10-11-21-43(41)49(44)45-22-12-13-23-47(45)51-48-31-26-37(32-46(48)49)35-16-6-2-7-17-35/h1-33H. The van der Waals surface area contributed by atoms with Crippen LogP contribution in [-0.2, 0) is 5.41 Å². The number of rotatable bonds is 5. The molecular weight excluding hydrogens is 619 g/mol. The van der Waals surface area contributed by atoms with E-state index < -0.39 is 5.41 Å². The molecule has 1 spiro atoms. The van der Waals surface area contributed by atoms with E-state index in [1.807, 2.05) is 0 Å². The van der Waals surface area contributed by atoms with Crippen LogP contribution in [-0.4, -0.2) is 0 Å². The summed E-state index contributed by atoms with van der Waals surface area (Å²) >= 11 is 0. The molecule has 8 aromatic carbocycles. The monoisotopic (exact) mass is 651 g/mol. The first kappa shape index (κ1) is 29.3. The highest BCUT2D eigenvalue weighted by Gasteiger charge is 2.51. The van der Waals surface area contributed by atoms with Crippen LogP contribution in [0.3, 0.4) is 0 Å². The molecule has 2 heteroatoms. The first-order chi connectivity index (χ1) is 25.3. The van der Waals surface area contributed by atoms with E-state index in [1.54, 1.807) is 0 Å². The Morgan fingerprint density at radius 3 is 1.57 bits per heavy atom. The summed E-state index contributed by atoms with van der Waals surface area (Å²) in [5, 5.41) is 0. The minimum absolute atomic E-state index is 0.547. The van der Waals surface area contributed by atoms with E-state index in [0.29, 0.717) is 0 Å². The highest BCUT2D eigenvalue weighted by molar-refractivity contribution is 5.92. The van der Waals surface area contributed by atoms with Crippen LogP contribution in [0.2, 0.25) is 0 Å². The Hall–Kier alpha value is -6.64. The van der Waals surface area contributed by atoms with Gasteiger partial charge in [0.25, 0.3) is 0 Å². The number of fused-ring (bicyclic) bond motifs is 9. The van der Waals surface area contributed by atoms with Gasteiger partial charge in [-0.3, -0.25) is 0 Å². The van der Waals surface area contributed by atoms with Crippen LogP contribution < -0.4 is 9.64 Å². The molecule has 1 atom stereocenters. The largest absolute Gasteiger partial charge is 0.457 e. The summed E-state index contributed by atoms with van der Waals surface area (Å²) in [5.74, 6) is 1.79. The molecular formula is C49H33NO. The Morgan fingerprint density at radius 1 is 0.314 bits per heavy atom. The van der Waals surface area contributed by atoms with Gasteiger partial charge in [0.1, 0.15) is 11.5 Å². The summed E-state index contributed by atoms with van der Waals surface area (Å²) in [4.78, 5) is 2.36. The molecule has 10 rings (SSSR count). The fraction of sp³-hybridized carbons (Fsp3) is 0.0204. The molecule has 1 aliphatic heterocycles. The van der Waals surface area contributed by atoms with Crippen LogP contribution in [0, 0.1) is 0 Å². The zero-order valence-electron chi connectivity index (χ0n) is 27.9. The van der Waals surface area contributed by atoms with E-state index in [-0.39, 0.29) is 0 Å². The van der Waals surface area contributed by atoms with Crippen molar-refractivity contribution < 1.29 is 4.74 Å². The molecule has 0 radical (unpaired) electrons. The number of hydrogen-bond donors (Lipinski definition) is 0. The number of benzene rings is 8. The zero-order valence-corrected chi connectivity index (χ0v) is 27.9. The molecule has 2 aliphatic rings. The normalized spacial score (nSPS) is 14.9. The van der Waals surface area contributed by atoms with Crippen molar-refractivity contribution in [2.24, 2.45) is 0 Å². The Bertz CT molecular complexity index is 2540. The van der Waals surface area contributed by atoms with Gasteiger partial charge < -0.3 is 9.64 Å². The fourth-order valence-electron chi connectivity index (χ4n) is 8.30. The van der Waals surface area contributed by atoms with Gasteiger partial charge >= 0.3 is 0 Å². The topological polar surface area (TPSA) is 12.5 Å². The van der Waals surface area contributed by atoms with Gasteiger partial charge in [0.05, 0.1) is 5.41 Å². The molecule has 240 valence electrons. The van der Waals surface area contributed by atoms with Crippen molar-refractivity contribution in [1.82, 2.24) is 0 Å². The summed E-state index contributed by atoms with van der Waals surface area (Å²) in [5.41, 5.74) is 14.9. The van der Waals surface area contributed by atoms with Crippen LogP contribution >= 0.6 is 0 Å². The van der Waals surface area contributed by atoms with Crippen molar-refractivity contribution in [2.75, 3.05) is 4.90 Å². The molecule has 0 amide bonds. The van der Waals surface area contributed by atoms with Crippen molar-refractivity contribution in [1.29, 1.82) is 0 Å². The lowest BCUT2D eigenvalue weighted by molar-refractivity contribution is 0.436. The summed E-state index contributed by atoms with van der Waals surface area (Å²) in [6.07, 6.45) is 0. The lowest BCUT2D eigenvalue weighted by Gasteiger charge is -2.39. The molecule has 1 heterocycles. The second kappa shape index (κ2) is 11.8. The number of para-hydroxylation sites is 2. The van der Waals surface area contributed by atoms with E-state index in [1.165, 1.54) is 44.5 Å². The van der Waals surface area contributed by atoms with Crippen LogP contribution in [0.15, 0.2) is 200 Å². The molecule has 1 unspecified atom stereocenters. The minimum Gasteiger partial charge on any atom is -0.457 e. The maximum absolute atomic E-state index is 6.70. The lowest BCUT2D eigenvalue weighted by atomic mass is 9.65. The smallest absolute Gasteiger partial charge is 0.132 e.